The van der Waals surface area contributed by atoms with Gasteiger partial charge in [0.2, 0.25) is 82.7 Å². The molecule has 0 bridgehead atoms. The number of hydrogen-bond donors (Lipinski definition) is 22. The van der Waals surface area contributed by atoms with Crippen LogP contribution >= 0.6 is 0 Å². The third-order valence-electron chi connectivity index (χ3n) is 22.8. The average molecular weight is 1860 g/mol. The molecule has 0 aliphatic carbocycles. The molecule has 25 N–H and O–H groups in total. The number of carbonyl (C=O) groups is 15. The van der Waals surface area contributed by atoms with E-state index in [0.29, 0.717) is 43.4 Å². The van der Waals surface area contributed by atoms with Crippen molar-refractivity contribution >= 4 is 105 Å². The number of guanidine groups is 1. The Bertz CT molecular complexity index is 4490. The number of primary amides is 2. The zero-order valence-electron chi connectivity index (χ0n) is 76.0. The van der Waals surface area contributed by atoms with Crippen LogP contribution in [0, 0.1) is 5.41 Å². The number of H-pyrrole nitrogens is 3. The minimum atomic E-state index is -1.75. The Balaban J connectivity index is 0.966. The summed E-state index contributed by atoms with van der Waals surface area (Å²) in [5.74, 6) is -12.1. The van der Waals surface area contributed by atoms with Crippen molar-refractivity contribution in [2.24, 2.45) is 17.2 Å². The predicted octanol–water partition coefficient (Wildman–Crippen LogP) is -1.56. The molecule has 44 nitrogen and oxygen atoms in total. The molecular formula is C89H137N25O19. The fourth-order valence-electron chi connectivity index (χ4n) is 15.5. The third kappa shape index (κ3) is 41.1. The minimum Gasteiger partial charge on any atom is -0.394 e. The lowest BCUT2D eigenvalue weighted by atomic mass is 10.0. The maximum Gasteiger partial charge on any atom is 0.246 e. The summed E-state index contributed by atoms with van der Waals surface area (Å²) in [5, 5.41) is 78.8. The van der Waals surface area contributed by atoms with Gasteiger partial charge in [-0.1, -0.05) is 139 Å². The molecule has 11 atom stereocenters. The van der Waals surface area contributed by atoms with Crippen LogP contribution < -0.4 is 86.3 Å². The van der Waals surface area contributed by atoms with Gasteiger partial charge in [-0.2, -0.15) is 0 Å². The molecule has 2 fully saturated rings. The highest BCUT2D eigenvalue weighted by Gasteiger charge is 2.44. The maximum absolute atomic E-state index is 15.4. The monoisotopic (exact) mass is 1860 g/mol. The first-order chi connectivity index (χ1) is 64.2. The second kappa shape index (κ2) is 60.6. The third-order valence-corrected chi connectivity index (χ3v) is 22.8. The second-order valence-electron chi connectivity index (χ2n) is 33.5. The number of aromatic nitrogens is 7. The largest absolute Gasteiger partial charge is 0.394 e. The van der Waals surface area contributed by atoms with Gasteiger partial charge in [-0.05, 0) is 98.4 Å². The molecule has 5 heterocycles. The molecule has 3 aromatic heterocycles. The summed E-state index contributed by atoms with van der Waals surface area (Å²) >= 11 is 0. The van der Waals surface area contributed by atoms with Crippen molar-refractivity contribution in [3.8, 4) is 0 Å². The molecule has 2 aliphatic rings. The summed E-state index contributed by atoms with van der Waals surface area (Å²) in [7, 11) is 0. The van der Waals surface area contributed by atoms with E-state index < -0.39 is 195 Å². The molecule has 5 aromatic rings. The number of benzene rings is 2. The number of tetrazole rings is 1. The molecule has 133 heavy (non-hydrogen) atoms. The van der Waals surface area contributed by atoms with Crippen LogP contribution in [0.5, 0.6) is 0 Å². The maximum atomic E-state index is 15.4. The number of amides is 14. The van der Waals surface area contributed by atoms with E-state index in [0.717, 1.165) is 60.2 Å². The number of nitrogens with zero attached hydrogens (tertiary/aromatic N) is 5. The Kier molecular flexibility index (Phi) is 49.0. The number of aliphatic hydroxyl groups is 2. The zero-order chi connectivity index (χ0) is 96.1. The van der Waals surface area contributed by atoms with Crippen LogP contribution in [0.2, 0.25) is 0 Å². The number of ether oxygens (including phenoxy) is 2. The molecule has 44 heteroatoms. The van der Waals surface area contributed by atoms with Crippen molar-refractivity contribution in [3.05, 3.63) is 96.0 Å². The van der Waals surface area contributed by atoms with Gasteiger partial charge < -0.3 is 121 Å². The Morgan fingerprint density at radius 2 is 1.26 bits per heavy atom. The van der Waals surface area contributed by atoms with Crippen LogP contribution in [0.1, 0.15) is 209 Å². The van der Waals surface area contributed by atoms with Crippen molar-refractivity contribution in [1.29, 1.82) is 5.41 Å². The van der Waals surface area contributed by atoms with Crippen LogP contribution in [0.25, 0.3) is 10.9 Å². The first-order valence-electron chi connectivity index (χ1n) is 46.4. The summed E-state index contributed by atoms with van der Waals surface area (Å²) in [4.78, 5) is 222. The van der Waals surface area contributed by atoms with Crippen molar-refractivity contribution < 1.29 is 91.6 Å². The molecule has 2 aromatic carbocycles. The van der Waals surface area contributed by atoms with E-state index in [2.05, 4.69) is 105 Å². The number of unbranched alkanes of at least 4 members (excludes halogenated alkanes) is 13. The number of aryl methyl sites for hydroxylation is 1. The molecule has 732 valence electrons. The lowest BCUT2D eigenvalue weighted by Gasteiger charge is -2.31. The number of para-hydroxylation sites is 1. The van der Waals surface area contributed by atoms with Gasteiger partial charge in [-0.15, -0.1) is 5.10 Å². The highest BCUT2D eigenvalue weighted by molar-refractivity contribution is 6.00. The molecule has 14 amide bonds. The lowest BCUT2D eigenvalue weighted by molar-refractivity contribution is -0.143. The number of fused-ring (bicyclic) bond motifs is 2. The standard InChI is InChI=1S/C89H137N25O19/c1-2-3-28-65(103-85(128)71(48-59-51-95-56-100-59)108-82(125)67(36-37-74(90)118)105-86(129)72(54-115)101-77(120)52-99-78(121)55-133-45-44-132-43-42-96-76(119)33-19-14-12-10-8-6-4-5-7-9-11-13-18-32-75-110-112-113-111-75)80(123)106-68-35-34-60(116)38-41-94-39-23-22-30-64(79(91)122)102-84(127)70(47-58-50-98-63-29-21-20-27-62(58)63)107-81(124)66(31-24-40-97-89(92)93)104-83(126)69(46-57-25-16-15-17-26-57)109-87(130)73-49-61(117)53-114(73)88(68)131/h15-17,20-21,25-27,29,50-51,56,61,64-73,94,98,115,117H,2-14,18-19,22-24,28,30-49,52-55H2,1H3,(H2,90,118)(H2,91,122)(H,95,100)(H,96,119)(H,99,121)(H,101,120)(H,102,127)(H,103,128)(H,104,126)(H,105,129)(H,106,123)(H,107,124)(H,108,125)(H,109,130)(H4,92,93,97)(H,110,111,112,113)/t61-,64+,65+,66+,67+,68+,69-,70+,71+,72+,73+/m1/s1. The van der Waals surface area contributed by atoms with E-state index in [1.54, 1.807) is 49.5 Å². The molecular weight excluding hydrogens is 1720 g/mol. The van der Waals surface area contributed by atoms with Gasteiger partial charge in [-0.3, -0.25) is 77.3 Å². The Labute approximate surface area is 772 Å². The summed E-state index contributed by atoms with van der Waals surface area (Å²) < 4.78 is 10.9. The number of aliphatic hydroxyl groups excluding tert-OH is 2. The van der Waals surface area contributed by atoms with E-state index >= 15 is 19.2 Å². The van der Waals surface area contributed by atoms with Gasteiger partial charge in [0.1, 0.15) is 78.6 Å². The van der Waals surface area contributed by atoms with Crippen LogP contribution in [0.15, 0.2) is 73.3 Å². The number of rotatable bonds is 53. The van der Waals surface area contributed by atoms with Crippen LogP contribution in [0.4, 0.5) is 0 Å². The molecule has 0 radical (unpaired) electrons. The molecule has 7 rings (SSSR count). The lowest BCUT2D eigenvalue weighted by Crippen LogP contribution is -2.61. The first kappa shape index (κ1) is 108. The van der Waals surface area contributed by atoms with Crippen LogP contribution in [-0.4, -0.2) is 284 Å². The van der Waals surface area contributed by atoms with Crippen molar-refractivity contribution in [2.45, 2.75) is 279 Å². The van der Waals surface area contributed by atoms with E-state index in [4.69, 9.17) is 32.1 Å². The Morgan fingerprint density at radius 1 is 0.609 bits per heavy atom. The van der Waals surface area contributed by atoms with Gasteiger partial charge in [-0.25, -0.2) is 10.1 Å². The van der Waals surface area contributed by atoms with E-state index in [1.165, 1.54) is 63.9 Å². The Morgan fingerprint density at radius 3 is 1.94 bits per heavy atom. The first-order valence-corrected chi connectivity index (χ1v) is 46.4. The number of Topliss-reactive ketones (excluding diaryl/α,β-unsaturated/α-hetero) is 1. The van der Waals surface area contributed by atoms with E-state index in [1.807, 2.05) is 18.2 Å². The highest BCUT2D eigenvalue weighted by atomic mass is 16.5. The van der Waals surface area contributed by atoms with Gasteiger partial charge >= 0.3 is 0 Å². The number of hydrogen-bond acceptors (Lipinski definition) is 25. The van der Waals surface area contributed by atoms with E-state index in [-0.39, 0.29) is 127 Å². The fraction of sp³-hybridized carbons (Fsp3) is 0.618. The summed E-state index contributed by atoms with van der Waals surface area (Å²) in [6.45, 7) is 0.183. The van der Waals surface area contributed by atoms with Gasteiger partial charge in [0.05, 0.1) is 51.1 Å². The highest BCUT2D eigenvalue weighted by Crippen LogP contribution is 2.24. The normalized spacial score (nSPS) is 19.0. The molecule has 0 saturated carbocycles. The van der Waals surface area contributed by atoms with Gasteiger partial charge in [0.25, 0.3) is 0 Å². The number of imidazole rings is 1. The van der Waals surface area contributed by atoms with Crippen molar-refractivity contribution in [1.82, 2.24) is 110 Å². The quantitative estimate of drug-likeness (QED) is 0.0119. The number of ketones is 1. The summed E-state index contributed by atoms with van der Waals surface area (Å²) in [6, 6.07) is 0.285. The molecule has 0 spiro atoms. The van der Waals surface area contributed by atoms with Crippen LogP contribution in [0.3, 0.4) is 0 Å². The smallest absolute Gasteiger partial charge is 0.246 e. The van der Waals surface area contributed by atoms with Crippen LogP contribution in [-0.2, 0) is 107 Å². The predicted molar refractivity (Wildman–Crippen MR) is 487 cm³/mol. The average Bonchev–Trinajstić information content (AvgIpc) is 1.69. The van der Waals surface area contributed by atoms with Crippen molar-refractivity contribution in [3.63, 3.8) is 0 Å². The topological polar surface area (TPSA) is 675 Å². The molecule has 2 saturated heterocycles. The summed E-state index contributed by atoms with van der Waals surface area (Å²) in [5.41, 5.74) is 19.1. The fourth-order valence-corrected chi connectivity index (χ4v) is 15.5. The zero-order valence-corrected chi connectivity index (χ0v) is 76.0. The number of nitrogens with two attached hydrogens (primary N) is 3. The second-order valence-corrected chi connectivity index (χ2v) is 33.5. The van der Waals surface area contributed by atoms with Gasteiger partial charge in [0, 0.05) is 107 Å². The molecule has 0 unspecified atom stereocenters. The SMILES string of the molecule is CCCC[C@H](NC(=O)[C@H](Cc1c[nH]cn1)NC(=O)[C@H](CCC(N)=O)NC(=O)[C@H](CO)NC(=O)CNC(=O)COCCOCCNC(=O)CCCCCCCCCCCCCCCc1nnn[nH]1)C(=O)N[C@H]1CCC(=O)CCNCCCC[C@@H](C(N)=O)NC(=O)[C@H](Cc2c[nH]c3ccccc23)NC(=O)[C@H](CCCNC(=N)N)NC(=O)[C@@H](Cc2ccccc2)NC(=O)[C@@H]2C[C@@H](O)CN2C1=O. The van der Waals surface area contributed by atoms with Gasteiger partial charge in [0.15, 0.2) is 5.96 Å². The number of carbonyl (C=O) groups excluding carboxylic acids is 15. The molecule has 2 aliphatic heterocycles. The number of nitrogens with one attached hydrogen (secondary N) is 17. The van der Waals surface area contributed by atoms with Crippen molar-refractivity contribution in [2.75, 3.05) is 72.3 Å². The number of aromatic amines is 3. The van der Waals surface area contributed by atoms with E-state index in [9.17, 15) is 63.0 Å². The minimum absolute atomic E-state index is 0.00568. The Hall–Kier alpha value is -12.4. The summed E-state index contributed by atoms with van der Waals surface area (Å²) in [6.07, 6.45) is 17.8.